The number of amides is 1. The number of aliphatic carboxylic acids is 1. The van der Waals surface area contributed by atoms with Crippen LogP contribution in [-0.2, 0) is 9.53 Å². The monoisotopic (exact) mass is 319 g/mol. The third-order valence-corrected chi connectivity index (χ3v) is 3.45. The van der Waals surface area contributed by atoms with E-state index in [4.69, 9.17) is 21.4 Å². The highest BCUT2D eigenvalue weighted by Gasteiger charge is 2.31. The molecule has 1 saturated heterocycles. The minimum Gasteiger partial charge on any atom is -0.481 e. The van der Waals surface area contributed by atoms with E-state index < -0.39 is 29.6 Å². The third-order valence-electron chi connectivity index (χ3n) is 3.14. The number of carbonyl (C=O) groups excluding carboxylic acids is 1. The maximum absolute atomic E-state index is 13.3. The van der Waals surface area contributed by atoms with E-state index >= 15 is 0 Å². The average molecular weight is 320 g/mol. The standard InChI is InChI=1S/C13H12ClF2NO4/c14-9-5-11(16)10(15)4-8(9)13(20)17-1-2-21-6-7(17)3-12(18)19/h4-5,7H,1-3,6H2,(H,18,19)/t7-/m0/s1. The molecule has 5 nitrogen and oxygen atoms in total. The molecule has 1 heterocycles. The van der Waals surface area contributed by atoms with E-state index in [2.05, 4.69) is 0 Å². The summed E-state index contributed by atoms with van der Waals surface area (Å²) in [5.41, 5.74) is -0.201. The van der Waals surface area contributed by atoms with Gasteiger partial charge in [0.2, 0.25) is 0 Å². The van der Waals surface area contributed by atoms with Gasteiger partial charge in [0, 0.05) is 6.54 Å². The molecule has 8 heteroatoms. The summed E-state index contributed by atoms with van der Waals surface area (Å²) >= 11 is 5.77. The minimum absolute atomic E-state index is 0.0688. The predicted octanol–water partition coefficient (Wildman–Crippen LogP) is 1.93. The lowest BCUT2D eigenvalue weighted by molar-refractivity contribution is -0.139. The fraction of sp³-hybridized carbons (Fsp3) is 0.385. The van der Waals surface area contributed by atoms with Gasteiger partial charge in [0.1, 0.15) is 0 Å². The second-order valence-electron chi connectivity index (χ2n) is 4.57. The fourth-order valence-corrected chi connectivity index (χ4v) is 2.37. The zero-order chi connectivity index (χ0) is 15.6. The molecule has 114 valence electrons. The Morgan fingerprint density at radius 1 is 1.38 bits per heavy atom. The third kappa shape index (κ3) is 3.48. The number of carbonyl (C=O) groups is 2. The molecule has 0 spiro atoms. The van der Waals surface area contributed by atoms with E-state index in [0.717, 1.165) is 6.07 Å². The van der Waals surface area contributed by atoms with Crippen molar-refractivity contribution in [2.45, 2.75) is 12.5 Å². The number of carboxylic acid groups (broad SMARTS) is 1. The van der Waals surface area contributed by atoms with Crippen molar-refractivity contribution in [1.82, 2.24) is 4.90 Å². The van der Waals surface area contributed by atoms with Gasteiger partial charge >= 0.3 is 5.97 Å². The molecule has 0 bridgehead atoms. The second kappa shape index (κ2) is 6.36. The van der Waals surface area contributed by atoms with Gasteiger partial charge < -0.3 is 14.7 Å². The maximum atomic E-state index is 13.3. The van der Waals surface area contributed by atoms with E-state index in [1.807, 2.05) is 0 Å². The molecule has 1 fully saturated rings. The molecular weight excluding hydrogens is 308 g/mol. The molecule has 0 saturated carbocycles. The van der Waals surface area contributed by atoms with Gasteiger partial charge in [0.15, 0.2) is 11.6 Å². The lowest BCUT2D eigenvalue weighted by Gasteiger charge is -2.35. The SMILES string of the molecule is O=C(O)C[C@H]1COCCN1C(=O)c1cc(F)c(F)cc1Cl. The first kappa shape index (κ1) is 15.7. The molecular formula is C13H12ClF2NO4. The quantitative estimate of drug-likeness (QED) is 0.865. The van der Waals surface area contributed by atoms with E-state index in [0.29, 0.717) is 6.07 Å². The number of rotatable bonds is 3. The van der Waals surface area contributed by atoms with Gasteiger partial charge in [-0.2, -0.15) is 0 Å². The Morgan fingerprint density at radius 2 is 2.05 bits per heavy atom. The van der Waals surface area contributed by atoms with Crippen molar-refractivity contribution in [3.05, 3.63) is 34.4 Å². The van der Waals surface area contributed by atoms with Crippen LogP contribution >= 0.6 is 11.6 Å². The van der Waals surface area contributed by atoms with Crippen LogP contribution in [0.5, 0.6) is 0 Å². The number of ether oxygens (including phenoxy) is 1. The normalized spacial score (nSPS) is 18.6. The first-order valence-corrected chi connectivity index (χ1v) is 6.53. The van der Waals surface area contributed by atoms with Crippen LogP contribution in [0, 0.1) is 11.6 Å². The fourth-order valence-electron chi connectivity index (χ4n) is 2.13. The molecule has 2 rings (SSSR count). The van der Waals surface area contributed by atoms with Gasteiger partial charge in [0.25, 0.3) is 5.91 Å². The van der Waals surface area contributed by atoms with Gasteiger partial charge in [-0.05, 0) is 12.1 Å². The Labute approximate surface area is 124 Å². The van der Waals surface area contributed by atoms with Crippen molar-refractivity contribution in [1.29, 1.82) is 0 Å². The summed E-state index contributed by atoms with van der Waals surface area (Å²) in [6, 6.07) is 0.761. The number of carboxylic acids is 1. The summed E-state index contributed by atoms with van der Waals surface area (Å²) in [5, 5.41) is 8.62. The summed E-state index contributed by atoms with van der Waals surface area (Å²) in [4.78, 5) is 24.4. The largest absolute Gasteiger partial charge is 0.481 e. The summed E-state index contributed by atoms with van der Waals surface area (Å²) < 4.78 is 31.5. The van der Waals surface area contributed by atoms with Gasteiger partial charge in [-0.3, -0.25) is 9.59 Å². The van der Waals surface area contributed by atoms with Crippen molar-refractivity contribution in [3.8, 4) is 0 Å². The number of hydrogen-bond acceptors (Lipinski definition) is 3. The first-order chi connectivity index (χ1) is 9.90. The zero-order valence-electron chi connectivity index (χ0n) is 10.8. The summed E-state index contributed by atoms with van der Waals surface area (Å²) in [5.74, 6) is -4.07. The molecule has 1 aromatic carbocycles. The predicted molar refractivity (Wildman–Crippen MR) is 69.3 cm³/mol. The van der Waals surface area contributed by atoms with E-state index in [1.54, 1.807) is 0 Å². The van der Waals surface area contributed by atoms with Crippen molar-refractivity contribution in [2.24, 2.45) is 0 Å². The second-order valence-corrected chi connectivity index (χ2v) is 4.98. The van der Waals surface area contributed by atoms with Crippen LogP contribution < -0.4 is 0 Å². The molecule has 0 aliphatic carbocycles. The highest BCUT2D eigenvalue weighted by molar-refractivity contribution is 6.33. The highest BCUT2D eigenvalue weighted by atomic mass is 35.5. The summed E-state index contributed by atoms with van der Waals surface area (Å²) in [6.07, 6.45) is -0.299. The molecule has 1 N–H and O–H groups in total. The van der Waals surface area contributed by atoms with Crippen molar-refractivity contribution >= 4 is 23.5 Å². The Hall–Kier alpha value is -1.73. The molecule has 21 heavy (non-hydrogen) atoms. The Kier molecular flexibility index (Phi) is 4.74. The first-order valence-electron chi connectivity index (χ1n) is 6.15. The van der Waals surface area contributed by atoms with Crippen LogP contribution in [0.4, 0.5) is 8.78 Å². The zero-order valence-corrected chi connectivity index (χ0v) is 11.6. The van der Waals surface area contributed by atoms with E-state index in [9.17, 15) is 18.4 Å². The summed E-state index contributed by atoms with van der Waals surface area (Å²) in [7, 11) is 0. The number of morpholine rings is 1. The molecule has 0 aromatic heterocycles. The number of nitrogens with zero attached hydrogens (tertiary/aromatic N) is 1. The highest BCUT2D eigenvalue weighted by Crippen LogP contribution is 2.23. The Morgan fingerprint density at radius 3 is 2.71 bits per heavy atom. The van der Waals surface area contributed by atoms with Crippen LogP contribution in [0.15, 0.2) is 12.1 Å². The molecule has 1 aliphatic rings. The summed E-state index contributed by atoms with van der Waals surface area (Å²) in [6.45, 7) is 0.467. The van der Waals surface area contributed by atoms with Gasteiger partial charge in [-0.1, -0.05) is 11.6 Å². The van der Waals surface area contributed by atoms with Crippen molar-refractivity contribution in [2.75, 3.05) is 19.8 Å². The lowest BCUT2D eigenvalue weighted by Crippen LogP contribution is -2.49. The van der Waals surface area contributed by atoms with Crippen LogP contribution in [0.1, 0.15) is 16.8 Å². The number of benzene rings is 1. The van der Waals surface area contributed by atoms with Crippen LogP contribution in [0.2, 0.25) is 5.02 Å². The Balaban J connectivity index is 2.28. The number of halogens is 3. The lowest BCUT2D eigenvalue weighted by atomic mass is 10.1. The van der Waals surface area contributed by atoms with Gasteiger partial charge in [-0.25, -0.2) is 8.78 Å². The minimum atomic E-state index is -1.19. The van der Waals surface area contributed by atoms with Gasteiger partial charge in [0.05, 0.1) is 36.3 Å². The van der Waals surface area contributed by atoms with Crippen LogP contribution in [-0.4, -0.2) is 47.7 Å². The van der Waals surface area contributed by atoms with Crippen LogP contribution in [0.25, 0.3) is 0 Å². The van der Waals surface area contributed by atoms with Crippen molar-refractivity contribution in [3.63, 3.8) is 0 Å². The van der Waals surface area contributed by atoms with Gasteiger partial charge in [-0.15, -0.1) is 0 Å². The molecule has 1 aliphatic heterocycles. The van der Waals surface area contributed by atoms with Crippen LogP contribution in [0.3, 0.4) is 0 Å². The van der Waals surface area contributed by atoms with Crippen molar-refractivity contribution < 1.29 is 28.2 Å². The molecule has 0 unspecified atom stereocenters. The molecule has 1 atom stereocenters. The average Bonchev–Trinajstić information content (AvgIpc) is 2.42. The molecule has 1 amide bonds. The molecule has 0 radical (unpaired) electrons. The Bertz CT molecular complexity index is 582. The van der Waals surface area contributed by atoms with E-state index in [1.165, 1.54) is 4.90 Å². The smallest absolute Gasteiger partial charge is 0.305 e. The maximum Gasteiger partial charge on any atom is 0.305 e. The topological polar surface area (TPSA) is 66.8 Å². The van der Waals surface area contributed by atoms with E-state index in [-0.39, 0.29) is 36.8 Å². The molecule has 1 aromatic rings. The number of hydrogen-bond donors (Lipinski definition) is 1.